The number of nitrogens with zero attached hydrogens (tertiary/aromatic N) is 2. The lowest BCUT2D eigenvalue weighted by atomic mass is 9.84. The monoisotopic (exact) mass is 523 g/mol. The quantitative estimate of drug-likeness (QED) is 0.135. The van der Waals surface area contributed by atoms with Crippen LogP contribution in [0.2, 0.25) is 0 Å². The minimum atomic E-state index is -0.664. The number of hydrogen-bond donors (Lipinski definition) is 1. The van der Waals surface area contributed by atoms with E-state index in [2.05, 4.69) is 5.16 Å². The van der Waals surface area contributed by atoms with Crippen LogP contribution in [0.4, 0.5) is 4.79 Å². The number of piperidine rings is 1. The van der Waals surface area contributed by atoms with Gasteiger partial charge < -0.3 is 20.0 Å². The van der Waals surface area contributed by atoms with Crippen molar-refractivity contribution in [2.24, 2.45) is 22.7 Å². The molecule has 2 fully saturated rings. The van der Waals surface area contributed by atoms with Gasteiger partial charge >= 0.3 is 18.0 Å². The molecule has 1 aliphatic heterocycles. The van der Waals surface area contributed by atoms with Gasteiger partial charge in [-0.25, -0.2) is 9.59 Å². The first-order valence-corrected chi connectivity index (χ1v) is 14.0. The first-order chi connectivity index (χ1) is 17.2. The molecular formula is C28H49N3O6. The van der Waals surface area contributed by atoms with Gasteiger partial charge in [0.05, 0.1) is 18.4 Å². The van der Waals surface area contributed by atoms with Gasteiger partial charge in [-0.15, -0.1) is 0 Å². The first-order valence-electron chi connectivity index (χ1n) is 14.0. The average Bonchev–Trinajstić information content (AvgIpc) is 2.80. The largest absolute Gasteiger partial charge is 0.460 e. The van der Waals surface area contributed by atoms with Crippen LogP contribution in [-0.4, -0.2) is 52.6 Å². The van der Waals surface area contributed by atoms with E-state index >= 15 is 0 Å². The van der Waals surface area contributed by atoms with E-state index in [9.17, 15) is 14.4 Å². The SMILES string of the molecule is CC(C)(C)OC(=O)C[C@@H](CCCC1CCCCC1)C(=O)ON=C(N)C1CCCCN1C(=O)OC(C)(C)C. The molecule has 37 heavy (non-hydrogen) atoms. The number of ether oxygens (including phenoxy) is 2. The van der Waals surface area contributed by atoms with E-state index in [4.69, 9.17) is 20.0 Å². The fourth-order valence-electron chi connectivity index (χ4n) is 5.03. The van der Waals surface area contributed by atoms with Crippen molar-refractivity contribution in [2.75, 3.05) is 6.54 Å². The molecule has 1 saturated heterocycles. The highest BCUT2D eigenvalue weighted by Gasteiger charge is 2.34. The molecule has 2 N–H and O–H groups in total. The van der Waals surface area contributed by atoms with E-state index < -0.39 is 41.2 Å². The van der Waals surface area contributed by atoms with Crippen molar-refractivity contribution >= 4 is 23.9 Å². The Morgan fingerprint density at radius 1 is 0.919 bits per heavy atom. The maximum atomic E-state index is 13.0. The van der Waals surface area contributed by atoms with E-state index in [1.165, 1.54) is 32.1 Å². The number of nitrogens with two attached hydrogens (primary N) is 1. The summed E-state index contributed by atoms with van der Waals surface area (Å²) >= 11 is 0. The fourth-order valence-corrected chi connectivity index (χ4v) is 5.03. The van der Waals surface area contributed by atoms with Crippen molar-refractivity contribution < 1.29 is 28.7 Å². The van der Waals surface area contributed by atoms with E-state index in [-0.39, 0.29) is 12.3 Å². The normalized spacial score (nSPS) is 20.8. The summed E-state index contributed by atoms with van der Waals surface area (Å²) in [5, 5.41) is 3.92. The molecule has 9 nitrogen and oxygen atoms in total. The summed E-state index contributed by atoms with van der Waals surface area (Å²) in [4.78, 5) is 45.0. The molecule has 2 atom stereocenters. The molecule has 1 amide bonds. The van der Waals surface area contributed by atoms with Crippen LogP contribution in [-0.2, 0) is 23.9 Å². The summed E-state index contributed by atoms with van der Waals surface area (Å²) in [7, 11) is 0. The minimum Gasteiger partial charge on any atom is -0.460 e. The third-order valence-corrected chi connectivity index (χ3v) is 6.77. The number of amidine groups is 1. The molecule has 2 aliphatic rings. The zero-order valence-electron chi connectivity index (χ0n) is 23.8. The predicted octanol–water partition coefficient (Wildman–Crippen LogP) is 5.69. The van der Waals surface area contributed by atoms with E-state index in [1.807, 2.05) is 20.8 Å². The molecule has 0 bridgehead atoms. The number of carbonyl (C=O) groups excluding carboxylic acids is 3. The second-order valence-corrected chi connectivity index (χ2v) is 12.5. The second-order valence-electron chi connectivity index (χ2n) is 12.5. The summed E-state index contributed by atoms with van der Waals surface area (Å²) in [6.45, 7) is 11.3. The average molecular weight is 524 g/mol. The van der Waals surface area contributed by atoms with Gasteiger partial charge in [-0.2, -0.15) is 0 Å². The molecule has 1 saturated carbocycles. The number of amides is 1. The Kier molecular flexibility index (Phi) is 11.7. The molecule has 2 rings (SSSR count). The van der Waals surface area contributed by atoms with Crippen molar-refractivity contribution in [1.29, 1.82) is 0 Å². The lowest BCUT2D eigenvalue weighted by Gasteiger charge is -2.36. The lowest BCUT2D eigenvalue weighted by molar-refractivity contribution is -0.161. The van der Waals surface area contributed by atoms with Crippen molar-refractivity contribution in [3.05, 3.63) is 0 Å². The molecule has 1 aliphatic carbocycles. The van der Waals surface area contributed by atoms with Crippen LogP contribution in [0.5, 0.6) is 0 Å². The van der Waals surface area contributed by atoms with E-state index in [0.717, 1.165) is 25.7 Å². The number of hydrogen-bond acceptors (Lipinski definition) is 7. The Morgan fingerprint density at radius 3 is 2.16 bits per heavy atom. The highest BCUT2D eigenvalue weighted by molar-refractivity contribution is 5.89. The predicted molar refractivity (Wildman–Crippen MR) is 143 cm³/mol. The molecule has 0 radical (unpaired) electrons. The van der Waals surface area contributed by atoms with Crippen LogP contribution < -0.4 is 5.73 Å². The van der Waals surface area contributed by atoms with E-state index in [1.54, 1.807) is 25.7 Å². The molecule has 0 aromatic rings. The smallest absolute Gasteiger partial charge is 0.410 e. The highest BCUT2D eigenvalue weighted by atomic mass is 16.7. The van der Waals surface area contributed by atoms with Gasteiger partial charge in [0, 0.05) is 6.54 Å². The number of carbonyl (C=O) groups is 3. The van der Waals surface area contributed by atoms with Gasteiger partial charge in [0.1, 0.15) is 11.2 Å². The summed E-state index contributed by atoms with van der Waals surface area (Å²) < 4.78 is 11.0. The number of rotatable bonds is 9. The maximum Gasteiger partial charge on any atom is 0.410 e. The molecule has 0 aromatic carbocycles. The number of likely N-dealkylation sites (tertiary alicyclic amines) is 1. The minimum absolute atomic E-state index is 0.0529. The summed E-state index contributed by atoms with van der Waals surface area (Å²) in [5.74, 6) is -0.962. The number of esters is 1. The van der Waals surface area contributed by atoms with Gasteiger partial charge in [0.15, 0.2) is 5.84 Å². The van der Waals surface area contributed by atoms with Crippen molar-refractivity contribution in [3.8, 4) is 0 Å². The van der Waals surface area contributed by atoms with Crippen molar-refractivity contribution in [1.82, 2.24) is 4.90 Å². The third kappa shape index (κ3) is 11.7. The lowest BCUT2D eigenvalue weighted by Crippen LogP contribution is -2.52. The Balaban J connectivity index is 2.03. The van der Waals surface area contributed by atoms with E-state index in [0.29, 0.717) is 25.3 Å². The second kappa shape index (κ2) is 14.0. The standard InChI is InChI=1S/C28H49N3O6/c1-27(2,3)35-23(32)19-21(16-12-15-20-13-8-7-9-14-20)25(33)37-30-24(29)22-17-10-11-18-31(22)26(34)36-28(4,5)6/h20-22H,7-19H2,1-6H3,(H2,29,30)/t21-,22?/m1/s1. The van der Waals surface area contributed by atoms with Crippen LogP contribution in [0.1, 0.15) is 119 Å². The van der Waals surface area contributed by atoms with Gasteiger partial charge in [-0.1, -0.05) is 50.1 Å². The van der Waals surface area contributed by atoms with Crippen LogP contribution in [0.25, 0.3) is 0 Å². The van der Waals surface area contributed by atoms with Gasteiger partial charge in [-0.05, 0) is 73.1 Å². The molecule has 212 valence electrons. The number of oxime groups is 1. The molecule has 0 aromatic heterocycles. The fraction of sp³-hybridized carbons (Fsp3) is 0.857. The van der Waals surface area contributed by atoms with Crippen LogP contribution in [0, 0.1) is 11.8 Å². The van der Waals surface area contributed by atoms with Gasteiger partial charge in [0.25, 0.3) is 0 Å². The van der Waals surface area contributed by atoms with Crippen LogP contribution >= 0.6 is 0 Å². The Bertz CT molecular complexity index is 793. The Hall–Kier alpha value is -2.32. The third-order valence-electron chi connectivity index (χ3n) is 6.77. The Morgan fingerprint density at radius 2 is 1.54 bits per heavy atom. The van der Waals surface area contributed by atoms with Crippen LogP contribution in [0.15, 0.2) is 5.16 Å². The summed E-state index contributed by atoms with van der Waals surface area (Å²) in [6, 6.07) is -0.507. The van der Waals surface area contributed by atoms with Gasteiger partial charge in [0.2, 0.25) is 0 Å². The molecule has 1 unspecified atom stereocenters. The summed E-state index contributed by atoms with van der Waals surface area (Å²) in [5.41, 5.74) is 4.93. The first kappa shape index (κ1) is 30.9. The van der Waals surface area contributed by atoms with Crippen molar-refractivity contribution in [3.63, 3.8) is 0 Å². The van der Waals surface area contributed by atoms with Crippen molar-refractivity contribution in [2.45, 2.75) is 136 Å². The molecule has 9 heteroatoms. The topological polar surface area (TPSA) is 121 Å². The van der Waals surface area contributed by atoms with Crippen LogP contribution in [0.3, 0.4) is 0 Å². The molecule has 0 spiro atoms. The molecular weight excluding hydrogens is 474 g/mol. The summed E-state index contributed by atoms with van der Waals surface area (Å²) in [6.07, 6.45) is 10.5. The Labute approximate surface area is 222 Å². The zero-order chi connectivity index (χ0) is 27.6. The molecule has 1 heterocycles. The highest BCUT2D eigenvalue weighted by Crippen LogP contribution is 2.29. The maximum absolute atomic E-state index is 13.0. The zero-order valence-corrected chi connectivity index (χ0v) is 23.8. The van der Waals surface area contributed by atoms with Gasteiger partial charge in [-0.3, -0.25) is 9.69 Å².